The van der Waals surface area contributed by atoms with Crippen LogP contribution in [0.4, 0.5) is 17.6 Å². The first-order valence-corrected chi connectivity index (χ1v) is 4.85. The van der Waals surface area contributed by atoms with Crippen molar-refractivity contribution in [1.29, 1.82) is 0 Å². The van der Waals surface area contributed by atoms with E-state index in [0.717, 1.165) is 12.1 Å². The number of carbonyl (C=O) groups excluding carboxylic acids is 1. The quantitative estimate of drug-likeness (QED) is 0.447. The fourth-order valence-electron chi connectivity index (χ4n) is 1.72. The number of alkyl halides is 3. The summed E-state index contributed by atoms with van der Waals surface area (Å²) < 4.78 is 50.5. The van der Waals surface area contributed by atoms with Gasteiger partial charge in [0.2, 0.25) is 6.08 Å². The lowest BCUT2D eigenvalue weighted by molar-refractivity contribution is -0.137. The van der Waals surface area contributed by atoms with Gasteiger partial charge >= 0.3 is 6.18 Å². The van der Waals surface area contributed by atoms with Crippen molar-refractivity contribution in [3.8, 4) is 0 Å². The maximum Gasteiger partial charge on any atom is 0.416 e. The predicted octanol–water partition coefficient (Wildman–Crippen LogP) is 3.17. The number of hydrogen-bond donors (Lipinski definition) is 0. The van der Waals surface area contributed by atoms with Gasteiger partial charge in [-0.1, -0.05) is 6.07 Å². The van der Waals surface area contributed by atoms with Gasteiger partial charge in [-0.05, 0) is 25.0 Å². The second-order valence-corrected chi connectivity index (χ2v) is 3.93. The highest BCUT2D eigenvalue weighted by molar-refractivity contribution is 5.42. The van der Waals surface area contributed by atoms with Crippen molar-refractivity contribution >= 4 is 6.08 Å². The number of halogens is 4. The second kappa shape index (κ2) is 3.67. The largest absolute Gasteiger partial charge is 0.416 e. The molecule has 0 unspecified atom stereocenters. The van der Waals surface area contributed by atoms with E-state index in [1.54, 1.807) is 0 Å². The molecule has 1 aromatic rings. The number of rotatable bonds is 2. The molecule has 17 heavy (non-hydrogen) atoms. The minimum absolute atomic E-state index is 0.0221. The zero-order chi connectivity index (χ0) is 12.7. The molecule has 0 saturated heterocycles. The minimum Gasteiger partial charge on any atom is -0.211 e. The first kappa shape index (κ1) is 11.8. The SMILES string of the molecule is O=C=NC1(c2ccc(C(F)(F)F)cc2F)CC1. The fraction of sp³-hybridized carbons (Fsp3) is 0.364. The van der Waals surface area contributed by atoms with Crippen LogP contribution in [0.5, 0.6) is 0 Å². The summed E-state index contributed by atoms with van der Waals surface area (Å²) in [5.41, 5.74) is -2.02. The summed E-state index contributed by atoms with van der Waals surface area (Å²) in [6.45, 7) is 0. The Kier molecular flexibility index (Phi) is 2.54. The van der Waals surface area contributed by atoms with Gasteiger partial charge in [0.05, 0.1) is 5.56 Å². The zero-order valence-corrected chi connectivity index (χ0v) is 8.51. The Morgan fingerprint density at radius 2 is 1.94 bits per heavy atom. The van der Waals surface area contributed by atoms with Gasteiger partial charge in [-0.25, -0.2) is 9.18 Å². The monoisotopic (exact) mass is 245 g/mol. The molecule has 1 fully saturated rings. The van der Waals surface area contributed by atoms with Crippen LogP contribution in [-0.4, -0.2) is 6.08 Å². The van der Waals surface area contributed by atoms with Gasteiger partial charge in [0.1, 0.15) is 11.4 Å². The van der Waals surface area contributed by atoms with E-state index in [2.05, 4.69) is 4.99 Å². The Balaban J connectivity index is 2.43. The second-order valence-electron chi connectivity index (χ2n) is 3.93. The molecule has 0 aromatic heterocycles. The predicted molar refractivity (Wildman–Crippen MR) is 50.4 cm³/mol. The van der Waals surface area contributed by atoms with Crippen LogP contribution in [0.2, 0.25) is 0 Å². The molecule has 2 nitrogen and oxygen atoms in total. The molecule has 0 amide bonds. The van der Waals surface area contributed by atoms with E-state index < -0.39 is 23.1 Å². The molecule has 6 heteroatoms. The minimum atomic E-state index is -4.58. The first-order chi connectivity index (χ1) is 7.89. The molecular formula is C11H7F4NO. The first-order valence-electron chi connectivity index (χ1n) is 4.85. The molecule has 2 rings (SSSR count). The van der Waals surface area contributed by atoms with Gasteiger partial charge in [0.25, 0.3) is 0 Å². The summed E-state index contributed by atoms with van der Waals surface area (Å²) in [6, 6.07) is 2.25. The summed E-state index contributed by atoms with van der Waals surface area (Å²) in [5.74, 6) is -0.990. The summed E-state index contributed by atoms with van der Waals surface area (Å²) in [4.78, 5) is 13.6. The van der Waals surface area contributed by atoms with E-state index in [4.69, 9.17) is 0 Å². The van der Waals surface area contributed by atoms with Crippen molar-refractivity contribution in [2.45, 2.75) is 24.6 Å². The fourth-order valence-corrected chi connectivity index (χ4v) is 1.72. The van der Waals surface area contributed by atoms with Crippen LogP contribution in [-0.2, 0) is 16.5 Å². The van der Waals surface area contributed by atoms with Crippen molar-refractivity contribution < 1.29 is 22.4 Å². The van der Waals surface area contributed by atoms with Crippen molar-refractivity contribution in [3.05, 3.63) is 35.1 Å². The van der Waals surface area contributed by atoms with Crippen LogP contribution in [0.3, 0.4) is 0 Å². The summed E-state index contributed by atoms with van der Waals surface area (Å²) in [7, 11) is 0. The highest BCUT2D eigenvalue weighted by Gasteiger charge is 2.47. The molecule has 90 valence electrons. The van der Waals surface area contributed by atoms with E-state index in [9.17, 15) is 22.4 Å². The lowest BCUT2D eigenvalue weighted by Crippen LogP contribution is -2.10. The average molecular weight is 245 g/mol. The van der Waals surface area contributed by atoms with Crippen LogP contribution in [0.25, 0.3) is 0 Å². The highest BCUT2D eigenvalue weighted by Crippen LogP contribution is 2.50. The molecule has 0 atom stereocenters. The maximum absolute atomic E-state index is 13.5. The molecule has 0 aliphatic heterocycles. The molecule has 0 spiro atoms. The van der Waals surface area contributed by atoms with Gasteiger partial charge < -0.3 is 0 Å². The summed E-state index contributed by atoms with van der Waals surface area (Å²) in [6.07, 6.45) is -2.35. The Hall–Kier alpha value is -1.68. The highest BCUT2D eigenvalue weighted by atomic mass is 19.4. The van der Waals surface area contributed by atoms with E-state index in [1.807, 2.05) is 0 Å². The number of hydrogen-bond acceptors (Lipinski definition) is 2. The molecule has 1 saturated carbocycles. The molecule has 0 radical (unpaired) electrons. The van der Waals surface area contributed by atoms with Crippen LogP contribution < -0.4 is 0 Å². The Morgan fingerprint density at radius 1 is 1.29 bits per heavy atom. The number of isocyanates is 1. The smallest absolute Gasteiger partial charge is 0.211 e. The van der Waals surface area contributed by atoms with Crippen molar-refractivity contribution in [2.75, 3.05) is 0 Å². The molecule has 0 N–H and O–H groups in total. The van der Waals surface area contributed by atoms with E-state index in [0.29, 0.717) is 18.9 Å². The van der Waals surface area contributed by atoms with Crippen molar-refractivity contribution in [2.24, 2.45) is 4.99 Å². The Morgan fingerprint density at radius 3 is 2.35 bits per heavy atom. The molecular weight excluding hydrogens is 238 g/mol. The lowest BCUT2D eigenvalue weighted by Gasteiger charge is -2.12. The molecule has 1 aliphatic rings. The number of benzene rings is 1. The van der Waals surface area contributed by atoms with Gasteiger partial charge in [-0.2, -0.15) is 18.2 Å². The third-order valence-electron chi connectivity index (χ3n) is 2.78. The molecule has 0 bridgehead atoms. The van der Waals surface area contributed by atoms with E-state index in [1.165, 1.54) is 6.08 Å². The summed E-state index contributed by atoms with van der Waals surface area (Å²) >= 11 is 0. The van der Waals surface area contributed by atoms with Gasteiger partial charge in [-0.15, -0.1) is 0 Å². The van der Waals surface area contributed by atoms with Gasteiger partial charge in [0.15, 0.2) is 0 Å². The average Bonchev–Trinajstić information content (AvgIpc) is 2.97. The topological polar surface area (TPSA) is 29.4 Å². The molecule has 0 heterocycles. The van der Waals surface area contributed by atoms with E-state index >= 15 is 0 Å². The Bertz CT molecular complexity index is 499. The van der Waals surface area contributed by atoms with Crippen LogP contribution in [0.1, 0.15) is 24.0 Å². The van der Waals surface area contributed by atoms with E-state index in [-0.39, 0.29) is 5.56 Å². The van der Waals surface area contributed by atoms with Gasteiger partial charge in [-0.3, -0.25) is 0 Å². The van der Waals surface area contributed by atoms with Gasteiger partial charge in [0, 0.05) is 5.56 Å². The number of aliphatic imine (C=N–C) groups is 1. The zero-order valence-electron chi connectivity index (χ0n) is 8.51. The Labute approximate surface area is 94.0 Å². The van der Waals surface area contributed by atoms with Crippen molar-refractivity contribution in [3.63, 3.8) is 0 Å². The molecule has 1 aromatic carbocycles. The van der Waals surface area contributed by atoms with Crippen LogP contribution in [0.15, 0.2) is 23.2 Å². The molecule has 1 aliphatic carbocycles. The normalized spacial score (nSPS) is 17.4. The number of nitrogens with zero attached hydrogens (tertiary/aromatic N) is 1. The lowest BCUT2D eigenvalue weighted by atomic mass is 10.0. The van der Waals surface area contributed by atoms with Crippen LogP contribution >= 0.6 is 0 Å². The summed E-state index contributed by atoms with van der Waals surface area (Å²) in [5, 5.41) is 0. The third kappa shape index (κ3) is 2.08. The third-order valence-corrected chi connectivity index (χ3v) is 2.78. The van der Waals surface area contributed by atoms with Crippen LogP contribution in [0, 0.1) is 5.82 Å². The maximum atomic E-state index is 13.5. The standard InChI is InChI=1S/C11H7F4NO/c12-9-5-7(11(13,14)15)1-2-8(9)10(3-4-10)16-6-17/h1-2,5H,3-4H2. The van der Waals surface area contributed by atoms with Crippen molar-refractivity contribution in [1.82, 2.24) is 0 Å².